The molecule has 0 spiro atoms. The SMILES string of the molecule is Clc1ccc(CC2CCN(C3CCNCC3)C2)cc1Cl. The average molecular weight is 313 g/mol. The van der Waals surface area contributed by atoms with Gasteiger partial charge in [0.25, 0.3) is 0 Å². The molecule has 2 saturated heterocycles. The van der Waals surface area contributed by atoms with Gasteiger partial charge in [0.2, 0.25) is 0 Å². The number of hydrogen-bond donors (Lipinski definition) is 1. The number of piperidine rings is 1. The van der Waals surface area contributed by atoms with Crippen LogP contribution in [0, 0.1) is 5.92 Å². The molecular weight excluding hydrogens is 291 g/mol. The van der Waals surface area contributed by atoms with Crippen LogP contribution in [0.4, 0.5) is 0 Å². The smallest absolute Gasteiger partial charge is 0.0595 e. The number of rotatable bonds is 3. The van der Waals surface area contributed by atoms with Gasteiger partial charge in [0.1, 0.15) is 0 Å². The predicted octanol–water partition coefficient (Wildman–Crippen LogP) is 3.61. The van der Waals surface area contributed by atoms with Crippen molar-refractivity contribution in [1.29, 1.82) is 0 Å². The summed E-state index contributed by atoms with van der Waals surface area (Å²) in [7, 11) is 0. The summed E-state index contributed by atoms with van der Waals surface area (Å²) < 4.78 is 0. The lowest BCUT2D eigenvalue weighted by atomic mass is 9.98. The van der Waals surface area contributed by atoms with E-state index >= 15 is 0 Å². The summed E-state index contributed by atoms with van der Waals surface area (Å²) in [6.07, 6.45) is 5.04. The quantitative estimate of drug-likeness (QED) is 0.917. The fourth-order valence-electron chi connectivity index (χ4n) is 3.53. The summed E-state index contributed by atoms with van der Waals surface area (Å²) in [5.41, 5.74) is 1.32. The number of hydrogen-bond acceptors (Lipinski definition) is 2. The fourth-order valence-corrected chi connectivity index (χ4v) is 3.85. The first kappa shape index (κ1) is 14.6. The molecule has 0 radical (unpaired) electrons. The number of benzene rings is 1. The zero-order valence-corrected chi connectivity index (χ0v) is 13.3. The highest BCUT2D eigenvalue weighted by Gasteiger charge is 2.28. The topological polar surface area (TPSA) is 15.3 Å². The van der Waals surface area contributed by atoms with Crippen LogP contribution in [0.25, 0.3) is 0 Å². The van der Waals surface area contributed by atoms with Crippen molar-refractivity contribution in [2.75, 3.05) is 26.2 Å². The third kappa shape index (κ3) is 3.48. The maximum absolute atomic E-state index is 6.10. The monoisotopic (exact) mass is 312 g/mol. The summed E-state index contributed by atoms with van der Waals surface area (Å²) >= 11 is 12.1. The molecule has 2 aliphatic heterocycles. The van der Waals surface area contributed by atoms with Gasteiger partial charge in [-0.3, -0.25) is 4.90 Å². The Bertz CT molecular complexity index is 458. The average Bonchev–Trinajstić information content (AvgIpc) is 2.92. The van der Waals surface area contributed by atoms with Gasteiger partial charge in [-0.25, -0.2) is 0 Å². The second-order valence-electron chi connectivity index (χ2n) is 6.08. The number of halogens is 2. The van der Waals surface area contributed by atoms with Crippen LogP contribution in [0.2, 0.25) is 10.0 Å². The summed E-state index contributed by atoms with van der Waals surface area (Å²) in [6.45, 7) is 4.86. The van der Waals surface area contributed by atoms with Gasteiger partial charge in [-0.05, 0) is 68.9 Å². The molecule has 0 aromatic heterocycles. The molecule has 0 amide bonds. The predicted molar refractivity (Wildman–Crippen MR) is 85.7 cm³/mol. The highest BCUT2D eigenvalue weighted by molar-refractivity contribution is 6.42. The molecule has 2 nitrogen and oxygen atoms in total. The van der Waals surface area contributed by atoms with Crippen molar-refractivity contribution >= 4 is 23.2 Å². The lowest BCUT2D eigenvalue weighted by Crippen LogP contribution is -2.42. The van der Waals surface area contributed by atoms with Crippen LogP contribution >= 0.6 is 23.2 Å². The molecule has 1 unspecified atom stereocenters. The Morgan fingerprint density at radius 2 is 1.90 bits per heavy atom. The molecular formula is C16H22Cl2N2. The van der Waals surface area contributed by atoms with E-state index < -0.39 is 0 Å². The molecule has 1 N–H and O–H groups in total. The van der Waals surface area contributed by atoms with E-state index in [9.17, 15) is 0 Å². The van der Waals surface area contributed by atoms with Gasteiger partial charge in [-0.15, -0.1) is 0 Å². The minimum atomic E-state index is 0.651. The molecule has 1 atom stereocenters. The van der Waals surface area contributed by atoms with Gasteiger partial charge in [0.15, 0.2) is 0 Å². The zero-order valence-electron chi connectivity index (χ0n) is 11.7. The van der Waals surface area contributed by atoms with Gasteiger partial charge in [0.05, 0.1) is 10.0 Å². The van der Waals surface area contributed by atoms with Crippen LogP contribution in [0.15, 0.2) is 18.2 Å². The van der Waals surface area contributed by atoms with E-state index in [1.165, 1.54) is 51.0 Å². The van der Waals surface area contributed by atoms with Crippen LogP contribution in [-0.4, -0.2) is 37.1 Å². The molecule has 20 heavy (non-hydrogen) atoms. The number of nitrogens with one attached hydrogen (secondary N) is 1. The minimum Gasteiger partial charge on any atom is -0.317 e. The zero-order chi connectivity index (χ0) is 13.9. The van der Waals surface area contributed by atoms with E-state index in [2.05, 4.69) is 16.3 Å². The van der Waals surface area contributed by atoms with E-state index in [0.29, 0.717) is 10.0 Å². The lowest BCUT2D eigenvalue weighted by Gasteiger charge is -2.31. The van der Waals surface area contributed by atoms with Crippen LogP contribution in [0.1, 0.15) is 24.8 Å². The van der Waals surface area contributed by atoms with E-state index in [0.717, 1.165) is 18.4 Å². The summed E-state index contributed by atoms with van der Waals surface area (Å²) in [6, 6.07) is 6.85. The second kappa shape index (κ2) is 6.65. The largest absolute Gasteiger partial charge is 0.317 e. The lowest BCUT2D eigenvalue weighted by molar-refractivity contribution is 0.192. The Morgan fingerprint density at radius 1 is 1.10 bits per heavy atom. The molecule has 2 fully saturated rings. The molecule has 110 valence electrons. The van der Waals surface area contributed by atoms with Gasteiger partial charge in [0, 0.05) is 12.6 Å². The molecule has 3 rings (SSSR count). The van der Waals surface area contributed by atoms with Gasteiger partial charge in [-0.2, -0.15) is 0 Å². The second-order valence-corrected chi connectivity index (χ2v) is 6.90. The van der Waals surface area contributed by atoms with Crippen molar-refractivity contribution < 1.29 is 0 Å². The first-order chi connectivity index (χ1) is 9.72. The van der Waals surface area contributed by atoms with Crippen molar-refractivity contribution in [3.05, 3.63) is 33.8 Å². The first-order valence-corrected chi connectivity index (χ1v) is 8.36. The summed E-state index contributed by atoms with van der Waals surface area (Å²) in [4.78, 5) is 2.70. The van der Waals surface area contributed by atoms with Crippen molar-refractivity contribution in [3.63, 3.8) is 0 Å². The van der Waals surface area contributed by atoms with Gasteiger partial charge >= 0.3 is 0 Å². The third-order valence-electron chi connectivity index (χ3n) is 4.65. The van der Waals surface area contributed by atoms with E-state index in [4.69, 9.17) is 23.2 Å². The Labute approximate surface area is 131 Å². The molecule has 2 aliphatic rings. The van der Waals surface area contributed by atoms with Crippen LogP contribution in [0.5, 0.6) is 0 Å². The Morgan fingerprint density at radius 3 is 2.65 bits per heavy atom. The molecule has 1 aromatic rings. The van der Waals surface area contributed by atoms with Crippen molar-refractivity contribution in [2.24, 2.45) is 5.92 Å². The maximum atomic E-state index is 6.10. The summed E-state index contributed by atoms with van der Waals surface area (Å²) in [5.74, 6) is 0.766. The molecule has 0 saturated carbocycles. The highest BCUT2D eigenvalue weighted by Crippen LogP contribution is 2.28. The van der Waals surface area contributed by atoms with Crippen LogP contribution < -0.4 is 5.32 Å². The fraction of sp³-hybridized carbons (Fsp3) is 0.625. The summed E-state index contributed by atoms with van der Waals surface area (Å²) in [5, 5.41) is 4.78. The van der Waals surface area contributed by atoms with Gasteiger partial charge < -0.3 is 5.32 Å². The number of likely N-dealkylation sites (tertiary alicyclic amines) is 1. The molecule has 4 heteroatoms. The normalized spacial score (nSPS) is 25.2. The highest BCUT2D eigenvalue weighted by atomic mass is 35.5. The Kier molecular flexibility index (Phi) is 4.87. The van der Waals surface area contributed by atoms with Crippen molar-refractivity contribution in [3.8, 4) is 0 Å². The van der Waals surface area contributed by atoms with Crippen molar-refractivity contribution in [2.45, 2.75) is 31.7 Å². The molecule has 0 bridgehead atoms. The van der Waals surface area contributed by atoms with E-state index in [1.54, 1.807) is 0 Å². The first-order valence-electron chi connectivity index (χ1n) is 7.61. The van der Waals surface area contributed by atoms with Crippen molar-refractivity contribution in [1.82, 2.24) is 10.2 Å². The molecule has 0 aliphatic carbocycles. The maximum Gasteiger partial charge on any atom is 0.0595 e. The molecule has 1 aromatic carbocycles. The van der Waals surface area contributed by atoms with Crippen LogP contribution in [0.3, 0.4) is 0 Å². The Balaban J connectivity index is 1.55. The van der Waals surface area contributed by atoms with E-state index in [1.807, 2.05) is 12.1 Å². The van der Waals surface area contributed by atoms with E-state index in [-0.39, 0.29) is 0 Å². The van der Waals surface area contributed by atoms with Crippen LogP contribution in [-0.2, 0) is 6.42 Å². The third-order valence-corrected chi connectivity index (χ3v) is 5.39. The van der Waals surface area contributed by atoms with Gasteiger partial charge in [-0.1, -0.05) is 29.3 Å². The Hall–Kier alpha value is -0.280. The standard InChI is InChI=1S/C16H22Cl2N2/c17-15-2-1-12(10-16(15)18)9-13-5-8-20(11-13)14-3-6-19-7-4-14/h1-2,10,13-14,19H,3-9,11H2. The number of nitrogens with zero attached hydrogens (tertiary/aromatic N) is 1. The minimum absolute atomic E-state index is 0.651. The molecule has 2 heterocycles.